The average molecular weight is 283 g/mol. The molecule has 1 nitrogen and oxygen atoms in total. The van der Waals surface area contributed by atoms with Crippen molar-refractivity contribution in [1.29, 1.82) is 0 Å². The zero-order valence-electron chi connectivity index (χ0n) is 12.5. The number of hydrogen-bond donors (Lipinski definition) is 0. The molecule has 1 heteroatoms. The third-order valence-corrected chi connectivity index (χ3v) is 4.18. The van der Waals surface area contributed by atoms with Crippen molar-refractivity contribution in [2.45, 2.75) is 6.92 Å². The fourth-order valence-corrected chi connectivity index (χ4v) is 3.12. The Morgan fingerprint density at radius 3 is 2.32 bits per heavy atom. The Bertz CT molecular complexity index is 932. The van der Waals surface area contributed by atoms with Gasteiger partial charge in [-0.05, 0) is 47.5 Å². The van der Waals surface area contributed by atoms with Crippen LogP contribution in [0.25, 0.3) is 27.7 Å². The first-order valence-corrected chi connectivity index (χ1v) is 7.56. The number of nitrogens with zero attached hydrogens (tertiary/aromatic N) is 1. The van der Waals surface area contributed by atoms with Gasteiger partial charge in [0, 0.05) is 17.4 Å². The molecule has 1 aromatic heterocycles. The van der Waals surface area contributed by atoms with E-state index < -0.39 is 0 Å². The predicted molar refractivity (Wildman–Crippen MR) is 93.4 cm³/mol. The summed E-state index contributed by atoms with van der Waals surface area (Å²) in [6, 6.07) is 27.8. The quantitative estimate of drug-likeness (QED) is 0.451. The molecule has 0 unspecified atom stereocenters. The fraction of sp³-hybridized carbons (Fsp3) is 0.0476. The highest BCUT2D eigenvalue weighted by Gasteiger charge is 2.11. The maximum absolute atomic E-state index is 2.26. The van der Waals surface area contributed by atoms with E-state index in [1.165, 1.54) is 33.3 Å². The van der Waals surface area contributed by atoms with Crippen molar-refractivity contribution in [3.8, 4) is 16.9 Å². The van der Waals surface area contributed by atoms with Crippen LogP contribution in [-0.4, -0.2) is 4.57 Å². The number of aryl methyl sites for hydroxylation is 1. The van der Waals surface area contributed by atoms with Crippen LogP contribution in [0.5, 0.6) is 0 Å². The van der Waals surface area contributed by atoms with E-state index in [0.29, 0.717) is 0 Å². The lowest BCUT2D eigenvalue weighted by Crippen LogP contribution is -1.96. The summed E-state index contributed by atoms with van der Waals surface area (Å²) in [5.41, 5.74) is 5.04. The maximum atomic E-state index is 2.26. The molecule has 0 fully saturated rings. The minimum Gasteiger partial charge on any atom is -0.317 e. The van der Waals surface area contributed by atoms with Crippen molar-refractivity contribution in [2.75, 3.05) is 0 Å². The highest BCUT2D eigenvalue weighted by Crippen LogP contribution is 2.33. The van der Waals surface area contributed by atoms with Gasteiger partial charge in [0.2, 0.25) is 0 Å². The van der Waals surface area contributed by atoms with E-state index in [1.807, 2.05) is 0 Å². The van der Waals surface area contributed by atoms with E-state index in [4.69, 9.17) is 0 Å². The number of benzene rings is 3. The normalized spacial score (nSPS) is 11.0. The van der Waals surface area contributed by atoms with E-state index in [1.54, 1.807) is 0 Å². The molecule has 0 bridgehead atoms. The third-order valence-electron chi connectivity index (χ3n) is 4.18. The van der Waals surface area contributed by atoms with Crippen LogP contribution in [0.15, 0.2) is 85.1 Å². The molecule has 0 aliphatic rings. The van der Waals surface area contributed by atoms with Gasteiger partial charge in [-0.1, -0.05) is 54.6 Å². The van der Waals surface area contributed by atoms with E-state index in [2.05, 4.69) is 96.6 Å². The van der Waals surface area contributed by atoms with Crippen molar-refractivity contribution in [1.82, 2.24) is 4.57 Å². The molecule has 0 aliphatic carbocycles. The van der Waals surface area contributed by atoms with E-state index >= 15 is 0 Å². The molecule has 22 heavy (non-hydrogen) atoms. The summed E-state index contributed by atoms with van der Waals surface area (Å²) in [6.45, 7) is 2.18. The minimum absolute atomic E-state index is 1.19. The van der Waals surface area contributed by atoms with Gasteiger partial charge >= 0.3 is 0 Å². The Morgan fingerprint density at radius 2 is 1.45 bits per heavy atom. The molecule has 0 radical (unpaired) electrons. The van der Waals surface area contributed by atoms with Crippen molar-refractivity contribution >= 4 is 10.8 Å². The van der Waals surface area contributed by atoms with Gasteiger partial charge in [0.05, 0.1) is 5.69 Å². The van der Waals surface area contributed by atoms with Crippen LogP contribution in [0.1, 0.15) is 5.56 Å². The van der Waals surface area contributed by atoms with Crippen molar-refractivity contribution in [3.05, 3.63) is 90.6 Å². The molecular weight excluding hydrogens is 266 g/mol. The molecule has 0 N–H and O–H groups in total. The summed E-state index contributed by atoms with van der Waals surface area (Å²) in [6.07, 6.45) is 2.13. The van der Waals surface area contributed by atoms with Crippen molar-refractivity contribution in [2.24, 2.45) is 0 Å². The van der Waals surface area contributed by atoms with Crippen LogP contribution in [0, 0.1) is 6.92 Å². The van der Waals surface area contributed by atoms with Crippen LogP contribution in [0.2, 0.25) is 0 Å². The highest BCUT2D eigenvalue weighted by atomic mass is 15.0. The zero-order valence-corrected chi connectivity index (χ0v) is 12.5. The van der Waals surface area contributed by atoms with E-state index in [-0.39, 0.29) is 0 Å². The number of hydrogen-bond acceptors (Lipinski definition) is 0. The fourth-order valence-electron chi connectivity index (χ4n) is 3.12. The molecule has 0 amide bonds. The summed E-state index contributed by atoms with van der Waals surface area (Å²) in [5.74, 6) is 0. The molecule has 0 spiro atoms. The Kier molecular flexibility index (Phi) is 3.05. The molecule has 4 rings (SSSR count). The smallest absolute Gasteiger partial charge is 0.0537 e. The van der Waals surface area contributed by atoms with Crippen LogP contribution in [-0.2, 0) is 0 Å². The molecule has 1 heterocycles. The summed E-state index contributed by atoms with van der Waals surface area (Å²) in [7, 11) is 0. The lowest BCUT2D eigenvalue weighted by Gasteiger charge is -2.14. The van der Waals surface area contributed by atoms with Crippen molar-refractivity contribution < 1.29 is 0 Å². The highest BCUT2D eigenvalue weighted by molar-refractivity contribution is 5.97. The predicted octanol–water partition coefficient (Wildman–Crippen LogP) is 5.61. The topological polar surface area (TPSA) is 4.93 Å². The Labute approximate surface area is 130 Å². The first kappa shape index (κ1) is 12.9. The van der Waals surface area contributed by atoms with Gasteiger partial charge in [-0.3, -0.25) is 0 Å². The van der Waals surface area contributed by atoms with Crippen molar-refractivity contribution in [3.63, 3.8) is 0 Å². The molecule has 3 aromatic carbocycles. The second-order valence-corrected chi connectivity index (χ2v) is 5.58. The molecule has 0 aliphatic heterocycles. The number of para-hydroxylation sites is 1. The summed E-state index contributed by atoms with van der Waals surface area (Å²) < 4.78 is 2.26. The van der Waals surface area contributed by atoms with Gasteiger partial charge in [0.1, 0.15) is 0 Å². The first-order chi connectivity index (χ1) is 10.8. The van der Waals surface area contributed by atoms with Crippen LogP contribution < -0.4 is 0 Å². The lowest BCUT2D eigenvalue weighted by atomic mass is 9.97. The third kappa shape index (κ3) is 2.03. The van der Waals surface area contributed by atoms with E-state index in [0.717, 1.165) is 0 Å². The molecule has 106 valence electrons. The SMILES string of the molecule is Cc1ccc2ccccc2c1-c1cccn1-c1ccccc1. The summed E-state index contributed by atoms with van der Waals surface area (Å²) in [5, 5.41) is 2.59. The zero-order chi connectivity index (χ0) is 14.9. The van der Waals surface area contributed by atoms with Gasteiger partial charge in [0.25, 0.3) is 0 Å². The minimum atomic E-state index is 1.19. The standard InChI is InChI=1S/C21H17N/c1-16-13-14-17-8-5-6-11-19(17)21(16)20-12-7-15-22(20)18-9-3-2-4-10-18/h2-15H,1H3. The van der Waals surface area contributed by atoms with Gasteiger partial charge in [-0.15, -0.1) is 0 Å². The monoisotopic (exact) mass is 283 g/mol. The summed E-state index contributed by atoms with van der Waals surface area (Å²) in [4.78, 5) is 0. The van der Waals surface area contributed by atoms with Gasteiger partial charge < -0.3 is 4.57 Å². The average Bonchev–Trinajstić information content (AvgIpc) is 3.05. The van der Waals surface area contributed by atoms with Gasteiger partial charge in [-0.2, -0.15) is 0 Å². The first-order valence-electron chi connectivity index (χ1n) is 7.56. The maximum Gasteiger partial charge on any atom is 0.0537 e. The molecular formula is C21H17N. The van der Waals surface area contributed by atoms with Crippen LogP contribution in [0.3, 0.4) is 0 Å². The van der Waals surface area contributed by atoms with Gasteiger partial charge in [-0.25, -0.2) is 0 Å². The Balaban J connectivity index is 2.02. The Hall–Kier alpha value is -2.80. The van der Waals surface area contributed by atoms with Gasteiger partial charge in [0.15, 0.2) is 0 Å². The second-order valence-electron chi connectivity index (χ2n) is 5.58. The summed E-state index contributed by atoms with van der Waals surface area (Å²) >= 11 is 0. The molecule has 0 saturated carbocycles. The largest absolute Gasteiger partial charge is 0.317 e. The second kappa shape index (κ2) is 5.19. The Morgan fingerprint density at radius 1 is 0.682 bits per heavy atom. The van der Waals surface area contributed by atoms with Crippen LogP contribution >= 0.6 is 0 Å². The number of rotatable bonds is 2. The lowest BCUT2D eigenvalue weighted by molar-refractivity contribution is 1.09. The van der Waals surface area contributed by atoms with Crippen LogP contribution in [0.4, 0.5) is 0 Å². The molecule has 0 saturated heterocycles. The number of fused-ring (bicyclic) bond motifs is 1. The molecule has 4 aromatic rings. The van der Waals surface area contributed by atoms with E-state index in [9.17, 15) is 0 Å². The molecule has 0 atom stereocenters. The number of aromatic nitrogens is 1.